The molecule has 2 heterocycles. The van der Waals surface area contributed by atoms with E-state index in [-0.39, 0.29) is 5.91 Å². The first-order chi connectivity index (χ1) is 14.2. The largest absolute Gasteiger partial charge is 0.369 e. The molecule has 4 aromatic rings. The van der Waals surface area contributed by atoms with Gasteiger partial charge in [0.1, 0.15) is 5.82 Å². The van der Waals surface area contributed by atoms with Gasteiger partial charge in [0, 0.05) is 42.5 Å². The average Bonchev–Trinajstić information content (AvgIpc) is 2.79. The van der Waals surface area contributed by atoms with Crippen molar-refractivity contribution in [3.8, 4) is 11.4 Å². The number of amides is 1. The number of fused-ring (bicyclic) bond motifs is 1. The van der Waals surface area contributed by atoms with E-state index in [9.17, 15) is 4.79 Å². The van der Waals surface area contributed by atoms with Crippen LogP contribution in [0.15, 0.2) is 73.1 Å². The lowest BCUT2D eigenvalue weighted by Crippen LogP contribution is -2.18. The molecule has 0 saturated heterocycles. The van der Waals surface area contributed by atoms with Crippen LogP contribution in [0, 0.1) is 0 Å². The number of hydrogen-bond donors (Lipinski definition) is 2. The maximum atomic E-state index is 11.8. The maximum Gasteiger partial charge on any atom is 0.251 e. The Hall–Kier alpha value is -3.80. The molecular formula is C23H21N5O. The molecule has 1 amide bonds. The molecule has 0 aliphatic carbocycles. The summed E-state index contributed by atoms with van der Waals surface area (Å²) in [5.74, 6) is 1.38. The van der Waals surface area contributed by atoms with Gasteiger partial charge in [0.15, 0.2) is 5.82 Å². The third-order valence-electron chi connectivity index (χ3n) is 4.66. The van der Waals surface area contributed by atoms with Crippen LogP contribution in [0.4, 0.5) is 5.82 Å². The van der Waals surface area contributed by atoms with Crippen LogP contribution in [0.3, 0.4) is 0 Å². The molecular weight excluding hydrogens is 362 g/mol. The molecule has 0 bridgehead atoms. The standard InChI is InChI=1S/C23H21N5O/c1-24-23(29)18-6-4-5-16(15-18)9-14-26-22-19-7-2-3-8-20(19)27-21(28-22)17-10-12-25-13-11-17/h2-8,10-13,15H,9,14H2,1H3,(H,24,29)(H,26,27,28). The molecule has 0 aliphatic heterocycles. The summed E-state index contributed by atoms with van der Waals surface area (Å²) in [7, 11) is 1.64. The van der Waals surface area contributed by atoms with Gasteiger partial charge in [-0.15, -0.1) is 0 Å². The van der Waals surface area contributed by atoms with Crippen molar-refractivity contribution in [3.05, 3.63) is 84.2 Å². The molecule has 2 aromatic heterocycles. The van der Waals surface area contributed by atoms with Crippen molar-refractivity contribution >= 4 is 22.6 Å². The minimum Gasteiger partial charge on any atom is -0.369 e. The molecule has 29 heavy (non-hydrogen) atoms. The third kappa shape index (κ3) is 4.21. The molecule has 0 spiro atoms. The van der Waals surface area contributed by atoms with E-state index in [1.54, 1.807) is 19.4 Å². The highest BCUT2D eigenvalue weighted by Gasteiger charge is 2.09. The SMILES string of the molecule is CNC(=O)c1cccc(CCNc2nc(-c3ccncc3)nc3ccccc23)c1. The van der Waals surface area contributed by atoms with Gasteiger partial charge in [0.25, 0.3) is 5.91 Å². The molecule has 2 aromatic carbocycles. The maximum absolute atomic E-state index is 11.8. The molecule has 0 unspecified atom stereocenters. The molecule has 0 radical (unpaired) electrons. The predicted molar refractivity (Wildman–Crippen MR) is 115 cm³/mol. The fraction of sp³-hybridized carbons (Fsp3) is 0.130. The molecule has 2 N–H and O–H groups in total. The van der Waals surface area contributed by atoms with Crippen LogP contribution >= 0.6 is 0 Å². The topological polar surface area (TPSA) is 79.8 Å². The number of carbonyl (C=O) groups is 1. The van der Waals surface area contributed by atoms with Gasteiger partial charge in [0.05, 0.1) is 5.52 Å². The van der Waals surface area contributed by atoms with Crippen molar-refractivity contribution in [1.82, 2.24) is 20.3 Å². The van der Waals surface area contributed by atoms with Crippen molar-refractivity contribution < 1.29 is 4.79 Å². The van der Waals surface area contributed by atoms with Gasteiger partial charge in [-0.1, -0.05) is 24.3 Å². The second-order valence-corrected chi connectivity index (χ2v) is 6.61. The van der Waals surface area contributed by atoms with Crippen LogP contribution in [0.1, 0.15) is 15.9 Å². The number of rotatable bonds is 6. The Kier molecular flexibility index (Phi) is 5.42. The number of hydrogen-bond acceptors (Lipinski definition) is 5. The van der Waals surface area contributed by atoms with Crippen LogP contribution in [0.25, 0.3) is 22.3 Å². The van der Waals surface area contributed by atoms with Gasteiger partial charge < -0.3 is 10.6 Å². The Morgan fingerprint density at radius 3 is 2.62 bits per heavy atom. The van der Waals surface area contributed by atoms with Crippen LogP contribution in [0.2, 0.25) is 0 Å². The summed E-state index contributed by atoms with van der Waals surface area (Å²) in [6, 6.07) is 19.4. The van der Waals surface area contributed by atoms with E-state index in [4.69, 9.17) is 4.98 Å². The molecule has 0 aliphatic rings. The average molecular weight is 383 g/mol. The summed E-state index contributed by atoms with van der Waals surface area (Å²) >= 11 is 0. The highest BCUT2D eigenvalue weighted by molar-refractivity contribution is 5.94. The van der Waals surface area contributed by atoms with Crippen LogP contribution in [-0.2, 0) is 6.42 Å². The predicted octanol–water partition coefficient (Wildman–Crippen LogP) is 3.71. The normalized spacial score (nSPS) is 10.7. The molecule has 6 heteroatoms. The van der Waals surface area contributed by atoms with Crippen LogP contribution < -0.4 is 10.6 Å². The lowest BCUT2D eigenvalue weighted by molar-refractivity contribution is 0.0963. The van der Waals surface area contributed by atoms with Crippen molar-refractivity contribution in [3.63, 3.8) is 0 Å². The van der Waals surface area contributed by atoms with E-state index in [1.165, 1.54) is 0 Å². The van der Waals surface area contributed by atoms with Gasteiger partial charge in [-0.2, -0.15) is 0 Å². The van der Waals surface area contributed by atoms with Gasteiger partial charge >= 0.3 is 0 Å². The van der Waals surface area contributed by atoms with E-state index < -0.39 is 0 Å². The summed E-state index contributed by atoms with van der Waals surface area (Å²) in [6.45, 7) is 0.688. The number of benzene rings is 2. The van der Waals surface area contributed by atoms with Crippen LogP contribution in [0.5, 0.6) is 0 Å². The van der Waals surface area contributed by atoms with E-state index in [0.29, 0.717) is 17.9 Å². The lowest BCUT2D eigenvalue weighted by atomic mass is 10.1. The van der Waals surface area contributed by atoms with Crippen LogP contribution in [-0.4, -0.2) is 34.5 Å². The zero-order valence-electron chi connectivity index (χ0n) is 16.1. The fourth-order valence-corrected chi connectivity index (χ4v) is 3.18. The van der Waals surface area contributed by atoms with Crippen molar-refractivity contribution in [1.29, 1.82) is 0 Å². The Balaban J connectivity index is 1.57. The summed E-state index contributed by atoms with van der Waals surface area (Å²) < 4.78 is 0. The molecule has 0 atom stereocenters. The van der Waals surface area contributed by atoms with Crippen molar-refractivity contribution in [2.24, 2.45) is 0 Å². The monoisotopic (exact) mass is 383 g/mol. The highest BCUT2D eigenvalue weighted by atomic mass is 16.1. The zero-order valence-corrected chi connectivity index (χ0v) is 16.1. The Morgan fingerprint density at radius 2 is 1.79 bits per heavy atom. The first-order valence-corrected chi connectivity index (χ1v) is 9.46. The summed E-state index contributed by atoms with van der Waals surface area (Å²) in [6.07, 6.45) is 4.24. The van der Waals surface area contributed by atoms with Gasteiger partial charge in [-0.25, -0.2) is 9.97 Å². The van der Waals surface area contributed by atoms with E-state index in [0.717, 1.165) is 34.3 Å². The molecule has 0 saturated carbocycles. The fourth-order valence-electron chi connectivity index (χ4n) is 3.18. The number of aromatic nitrogens is 3. The quantitative estimate of drug-likeness (QED) is 0.531. The number of carbonyl (C=O) groups excluding carboxylic acids is 1. The Morgan fingerprint density at radius 1 is 0.966 bits per heavy atom. The molecule has 0 fully saturated rings. The summed E-state index contributed by atoms with van der Waals surface area (Å²) in [5, 5.41) is 7.07. The first kappa shape index (κ1) is 18.6. The summed E-state index contributed by atoms with van der Waals surface area (Å²) in [4.78, 5) is 25.3. The van der Waals surface area contributed by atoms with Gasteiger partial charge in [0.2, 0.25) is 0 Å². The molecule has 6 nitrogen and oxygen atoms in total. The van der Waals surface area contributed by atoms with Gasteiger partial charge in [-0.3, -0.25) is 9.78 Å². The zero-order chi connectivity index (χ0) is 20.1. The third-order valence-corrected chi connectivity index (χ3v) is 4.66. The molecule has 4 rings (SSSR count). The summed E-state index contributed by atoms with van der Waals surface area (Å²) in [5.41, 5.74) is 3.56. The lowest BCUT2D eigenvalue weighted by Gasteiger charge is -2.11. The second kappa shape index (κ2) is 8.48. The minimum atomic E-state index is -0.0800. The van der Waals surface area contributed by atoms with Crippen molar-refractivity contribution in [2.75, 3.05) is 18.9 Å². The van der Waals surface area contributed by atoms with E-state index in [1.807, 2.05) is 60.7 Å². The minimum absolute atomic E-state index is 0.0800. The highest BCUT2D eigenvalue weighted by Crippen LogP contribution is 2.24. The Bertz CT molecular complexity index is 1140. The number of para-hydroxylation sites is 1. The van der Waals surface area contributed by atoms with E-state index in [2.05, 4.69) is 20.6 Å². The number of pyridine rings is 1. The number of nitrogens with one attached hydrogen (secondary N) is 2. The second-order valence-electron chi connectivity index (χ2n) is 6.61. The smallest absolute Gasteiger partial charge is 0.251 e. The number of nitrogens with zero attached hydrogens (tertiary/aromatic N) is 3. The first-order valence-electron chi connectivity index (χ1n) is 9.46. The molecule has 144 valence electrons. The van der Waals surface area contributed by atoms with Gasteiger partial charge in [-0.05, 0) is 48.4 Å². The number of anilines is 1. The van der Waals surface area contributed by atoms with E-state index >= 15 is 0 Å². The Labute approximate surface area is 169 Å². The van der Waals surface area contributed by atoms with Crippen molar-refractivity contribution in [2.45, 2.75) is 6.42 Å².